The molecule has 0 fully saturated rings. The van der Waals surface area contributed by atoms with Crippen molar-refractivity contribution in [3.63, 3.8) is 0 Å². The van der Waals surface area contributed by atoms with Gasteiger partial charge in [-0.15, -0.1) is 11.3 Å². The van der Waals surface area contributed by atoms with E-state index < -0.39 is 5.97 Å². The van der Waals surface area contributed by atoms with Crippen LogP contribution in [0, 0.1) is 0 Å². The third-order valence-corrected chi connectivity index (χ3v) is 2.28. The summed E-state index contributed by atoms with van der Waals surface area (Å²) in [5.74, 6) is -0.821. The second-order valence-electron chi connectivity index (χ2n) is 2.16. The van der Waals surface area contributed by atoms with E-state index in [4.69, 9.17) is 5.11 Å². The van der Waals surface area contributed by atoms with Gasteiger partial charge in [0.25, 0.3) is 0 Å². The summed E-state index contributed by atoms with van der Waals surface area (Å²) in [6, 6.07) is 0. The standard InChI is InChI=1S/C7H9NO2S/c1-2-6-8-5(4-11-6)3-7(9)10/h4H,2-3H2,1H3,(H,9,10). The average Bonchev–Trinajstić information content (AvgIpc) is 2.34. The molecular weight excluding hydrogens is 162 g/mol. The Hall–Kier alpha value is -0.900. The van der Waals surface area contributed by atoms with Crippen LogP contribution in [0.4, 0.5) is 0 Å². The number of rotatable bonds is 3. The highest BCUT2D eigenvalue weighted by Gasteiger charge is 2.03. The second-order valence-corrected chi connectivity index (χ2v) is 3.10. The fourth-order valence-electron chi connectivity index (χ4n) is 0.747. The zero-order valence-corrected chi connectivity index (χ0v) is 7.02. The molecule has 0 aromatic carbocycles. The summed E-state index contributed by atoms with van der Waals surface area (Å²) in [6.45, 7) is 2.00. The van der Waals surface area contributed by atoms with Gasteiger partial charge in [0, 0.05) is 5.38 Å². The smallest absolute Gasteiger partial charge is 0.309 e. The van der Waals surface area contributed by atoms with Gasteiger partial charge in [0.2, 0.25) is 0 Å². The average molecular weight is 171 g/mol. The fourth-order valence-corrected chi connectivity index (χ4v) is 1.49. The molecule has 1 heterocycles. The molecule has 1 rings (SSSR count). The zero-order valence-electron chi connectivity index (χ0n) is 6.20. The number of hydrogen-bond donors (Lipinski definition) is 1. The molecular formula is C7H9NO2S. The lowest BCUT2D eigenvalue weighted by Gasteiger charge is -1.86. The highest BCUT2D eigenvalue weighted by molar-refractivity contribution is 7.09. The van der Waals surface area contributed by atoms with E-state index in [1.54, 1.807) is 5.38 Å². The van der Waals surface area contributed by atoms with Crippen molar-refractivity contribution in [3.05, 3.63) is 16.1 Å². The summed E-state index contributed by atoms with van der Waals surface area (Å²) < 4.78 is 0. The normalized spacial score (nSPS) is 9.91. The molecule has 0 aliphatic rings. The minimum Gasteiger partial charge on any atom is -0.481 e. The molecule has 0 bridgehead atoms. The van der Waals surface area contributed by atoms with Crippen molar-refractivity contribution in [2.75, 3.05) is 0 Å². The van der Waals surface area contributed by atoms with Gasteiger partial charge in [-0.25, -0.2) is 4.98 Å². The first-order chi connectivity index (χ1) is 5.22. The van der Waals surface area contributed by atoms with Crippen LogP contribution in [0.15, 0.2) is 5.38 Å². The SMILES string of the molecule is CCc1nc(CC(=O)O)cs1. The molecule has 0 radical (unpaired) electrons. The van der Waals surface area contributed by atoms with Crippen LogP contribution in [-0.2, 0) is 17.6 Å². The molecule has 0 aliphatic heterocycles. The molecule has 1 N–H and O–H groups in total. The summed E-state index contributed by atoms with van der Waals surface area (Å²) in [7, 11) is 0. The maximum atomic E-state index is 10.2. The van der Waals surface area contributed by atoms with E-state index in [0.717, 1.165) is 11.4 Å². The quantitative estimate of drug-likeness (QED) is 0.746. The first-order valence-electron chi connectivity index (χ1n) is 3.37. The monoisotopic (exact) mass is 171 g/mol. The maximum Gasteiger partial charge on any atom is 0.309 e. The van der Waals surface area contributed by atoms with E-state index in [0.29, 0.717) is 5.69 Å². The van der Waals surface area contributed by atoms with Gasteiger partial charge in [0.05, 0.1) is 17.1 Å². The van der Waals surface area contributed by atoms with Gasteiger partial charge in [0.15, 0.2) is 0 Å². The van der Waals surface area contributed by atoms with Crippen LogP contribution < -0.4 is 0 Å². The van der Waals surface area contributed by atoms with Gasteiger partial charge < -0.3 is 5.11 Å². The largest absolute Gasteiger partial charge is 0.481 e. The number of thiazole rings is 1. The molecule has 0 unspecified atom stereocenters. The molecule has 0 aliphatic carbocycles. The van der Waals surface area contributed by atoms with Crippen molar-refractivity contribution < 1.29 is 9.90 Å². The molecule has 0 saturated heterocycles. The molecule has 4 heteroatoms. The molecule has 1 aromatic heterocycles. The Bertz CT molecular complexity index is 257. The number of aromatic nitrogens is 1. The van der Waals surface area contributed by atoms with Crippen LogP contribution in [0.3, 0.4) is 0 Å². The van der Waals surface area contributed by atoms with E-state index in [1.165, 1.54) is 11.3 Å². The van der Waals surface area contributed by atoms with E-state index in [1.807, 2.05) is 6.92 Å². The van der Waals surface area contributed by atoms with Crippen molar-refractivity contribution in [1.82, 2.24) is 4.98 Å². The van der Waals surface area contributed by atoms with Crippen molar-refractivity contribution in [2.45, 2.75) is 19.8 Å². The lowest BCUT2D eigenvalue weighted by molar-refractivity contribution is -0.136. The topological polar surface area (TPSA) is 50.2 Å². The third-order valence-electron chi connectivity index (χ3n) is 1.23. The molecule has 0 amide bonds. The Morgan fingerprint density at radius 1 is 1.82 bits per heavy atom. The van der Waals surface area contributed by atoms with Gasteiger partial charge in [0.1, 0.15) is 0 Å². The van der Waals surface area contributed by atoms with E-state index in [-0.39, 0.29) is 6.42 Å². The van der Waals surface area contributed by atoms with Crippen LogP contribution in [0.25, 0.3) is 0 Å². The summed E-state index contributed by atoms with van der Waals surface area (Å²) in [5, 5.41) is 11.2. The van der Waals surface area contributed by atoms with Gasteiger partial charge in [-0.3, -0.25) is 4.79 Å². The highest BCUT2D eigenvalue weighted by Crippen LogP contribution is 2.10. The van der Waals surface area contributed by atoms with E-state index >= 15 is 0 Å². The molecule has 60 valence electrons. The summed E-state index contributed by atoms with van der Waals surface area (Å²) in [5.41, 5.74) is 0.666. The van der Waals surface area contributed by atoms with Crippen LogP contribution in [0.1, 0.15) is 17.6 Å². The first kappa shape index (κ1) is 8.20. The Morgan fingerprint density at radius 2 is 2.55 bits per heavy atom. The van der Waals surface area contributed by atoms with Crippen molar-refractivity contribution in [2.24, 2.45) is 0 Å². The Balaban J connectivity index is 2.65. The van der Waals surface area contributed by atoms with Crippen LogP contribution in [-0.4, -0.2) is 16.1 Å². The summed E-state index contributed by atoms with van der Waals surface area (Å²) >= 11 is 1.52. The third kappa shape index (κ3) is 2.31. The number of carboxylic acid groups (broad SMARTS) is 1. The zero-order chi connectivity index (χ0) is 8.27. The summed E-state index contributed by atoms with van der Waals surface area (Å²) in [4.78, 5) is 14.3. The lowest BCUT2D eigenvalue weighted by Crippen LogP contribution is -2.00. The Labute approximate surface area is 68.7 Å². The number of carbonyl (C=O) groups is 1. The predicted octanol–water partition coefficient (Wildman–Crippen LogP) is 1.33. The van der Waals surface area contributed by atoms with Crippen molar-refractivity contribution in [3.8, 4) is 0 Å². The Kier molecular flexibility index (Phi) is 2.59. The van der Waals surface area contributed by atoms with Gasteiger partial charge >= 0.3 is 5.97 Å². The number of aliphatic carboxylic acids is 1. The predicted molar refractivity (Wildman–Crippen MR) is 42.8 cm³/mol. The molecule has 0 saturated carbocycles. The van der Waals surface area contributed by atoms with Crippen molar-refractivity contribution >= 4 is 17.3 Å². The number of hydrogen-bond acceptors (Lipinski definition) is 3. The number of carboxylic acids is 1. The number of nitrogens with zero attached hydrogens (tertiary/aromatic N) is 1. The minimum absolute atomic E-state index is 0.0382. The van der Waals surface area contributed by atoms with E-state index in [9.17, 15) is 4.79 Å². The Morgan fingerprint density at radius 3 is 3.00 bits per heavy atom. The minimum atomic E-state index is -0.821. The molecule has 1 aromatic rings. The van der Waals surface area contributed by atoms with Crippen molar-refractivity contribution in [1.29, 1.82) is 0 Å². The van der Waals surface area contributed by atoms with E-state index in [2.05, 4.69) is 4.98 Å². The summed E-state index contributed by atoms with van der Waals surface area (Å²) in [6.07, 6.45) is 0.917. The van der Waals surface area contributed by atoms with Gasteiger partial charge in [-0.1, -0.05) is 6.92 Å². The first-order valence-corrected chi connectivity index (χ1v) is 4.25. The van der Waals surface area contributed by atoms with Gasteiger partial charge in [-0.05, 0) is 6.42 Å². The van der Waals surface area contributed by atoms with Crippen LogP contribution in [0.5, 0.6) is 0 Å². The second kappa shape index (κ2) is 3.48. The fraction of sp³-hybridized carbons (Fsp3) is 0.429. The highest BCUT2D eigenvalue weighted by atomic mass is 32.1. The maximum absolute atomic E-state index is 10.2. The van der Waals surface area contributed by atoms with Crippen LogP contribution in [0.2, 0.25) is 0 Å². The molecule has 3 nitrogen and oxygen atoms in total. The number of aryl methyl sites for hydroxylation is 1. The lowest BCUT2D eigenvalue weighted by atomic mass is 10.3. The van der Waals surface area contributed by atoms with Gasteiger partial charge in [-0.2, -0.15) is 0 Å². The molecule has 0 atom stereocenters. The molecule has 11 heavy (non-hydrogen) atoms. The van der Waals surface area contributed by atoms with Crippen LogP contribution >= 0.6 is 11.3 Å². The molecule has 0 spiro atoms.